The zero-order chi connectivity index (χ0) is 25.1. The van der Waals surface area contributed by atoms with E-state index in [9.17, 15) is 18.0 Å². The Kier molecular flexibility index (Phi) is 6.71. The zero-order valence-corrected chi connectivity index (χ0v) is 19.3. The van der Waals surface area contributed by atoms with E-state index in [0.29, 0.717) is 17.7 Å². The third-order valence-electron chi connectivity index (χ3n) is 6.10. The van der Waals surface area contributed by atoms with Crippen molar-refractivity contribution in [2.45, 2.75) is 12.7 Å². The largest absolute Gasteiger partial charge is 0.433 e. The first-order valence-corrected chi connectivity index (χ1v) is 11.5. The molecule has 2 aromatic heterocycles. The highest BCUT2D eigenvalue weighted by Crippen LogP contribution is 2.33. The van der Waals surface area contributed by atoms with E-state index < -0.39 is 17.8 Å². The highest BCUT2D eigenvalue weighted by atomic mass is 19.4. The van der Waals surface area contributed by atoms with Gasteiger partial charge in [-0.2, -0.15) is 13.2 Å². The number of anilines is 2. The maximum Gasteiger partial charge on any atom is 0.433 e. The van der Waals surface area contributed by atoms with Crippen LogP contribution in [0.15, 0.2) is 61.1 Å². The number of ether oxygens (including phenoxy) is 1. The van der Waals surface area contributed by atoms with E-state index in [1.807, 2.05) is 24.4 Å². The average Bonchev–Trinajstić information content (AvgIpc) is 2.88. The van der Waals surface area contributed by atoms with Gasteiger partial charge in [-0.15, -0.1) is 0 Å². The first kappa shape index (κ1) is 24.0. The highest BCUT2D eigenvalue weighted by Gasteiger charge is 2.32. The molecular formula is C26H24F3N5O2. The molecule has 0 spiro atoms. The molecule has 7 nitrogen and oxygen atoms in total. The van der Waals surface area contributed by atoms with Gasteiger partial charge in [0.2, 0.25) is 0 Å². The van der Waals surface area contributed by atoms with E-state index in [1.54, 1.807) is 12.3 Å². The van der Waals surface area contributed by atoms with Gasteiger partial charge >= 0.3 is 6.18 Å². The van der Waals surface area contributed by atoms with E-state index in [4.69, 9.17) is 4.74 Å². The molecule has 1 aromatic carbocycles. The van der Waals surface area contributed by atoms with Gasteiger partial charge in [0, 0.05) is 61.0 Å². The van der Waals surface area contributed by atoms with Crippen LogP contribution in [0.5, 0.6) is 0 Å². The number of hydrogen-bond donors (Lipinski definition) is 2. The number of carbonyl (C=O) groups excluding carboxylic acids is 1. The predicted octanol–water partition coefficient (Wildman–Crippen LogP) is 4.44. The van der Waals surface area contributed by atoms with E-state index in [0.717, 1.165) is 67.5 Å². The number of nitrogens with one attached hydrogen (secondary N) is 2. The van der Waals surface area contributed by atoms with Gasteiger partial charge in [0.15, 0.2) is 0 Å². The van der Waals surface area contributed by atoms with Crippen LogP contribution in [-0.4, -0.2) is 53.6 Å². The number of aromatic nitrogens is 2. The van der Waals surface area contributed by atoms with Gasteiger partial charge in [0.25, 0.3) is 5.91 Å². The maximum absolute atomic E-state index is 13.1. The molecule has 2 aliphatic rings. The first-order valence-electron chi connectivity index (χ1n) is 11.5. The van der Waals surface area contributed by atoms with Gasteiger partial charge in [0.05, 0.1) is 25.1 Å². The van der Waals surface area contributed by atoms with Crippen LogP contribution >= 0.6 is 0 Å². The molecule has 0 saturated carbocycles. The van der Waals surface area contributed by atoms with Crippen molar-refractivity contribution in [1.29, 1.82) is 0 Å². The number of fused-ring (bicyclic) bond motifs is 1. The lowest BCUT2D eigenvalue weighted by molar-refractivity contribution is -0.141. The van der Waals surface area contributed by atoms with Crippen LogP contribution < -0.4 is 10.6 Å². The zero-order valence-electron chi connectivity index (χ0n) is 19.3. The van der Waals surface area contributed by atoms with Gasteiger partial charge in [-0.3, -0.25) is 14.7 Å². The summed E-state index contributed by atoms with van der Waals surface area (Å²) in [6, 6.07) is 9.94. The summed E-state index contributed by atoms with van der Waals surface area (Å²) in [6.07, 6.45) is 1.87. The Bertz CT molecular complexity index is 1290. The molecule has 4 heterocycles. The normalized spacial score (nSPS) is 16.0. The Morgan fingerprint density at radius 1 is 1.06 bits per heavy atom. The highest BCUT2D eigenvalue weighted by molar-refractivity contribution is 6.27. The molecule has 2 N–H and O–H groups in total. The summed E-state index contributed by atoms with van der Waals surface area (Å²) in [5, 5.41) is 5.90. The standard InChI is InChI=1S/C26H24F3N5O2/c27-26(28,29)24-4-2-20(15-32-24)33-25(35)21-5-6-31-23-3-1-18(12-22(21)23)19-11-17(13-30-14-19)16-34-7-9-36-10-8-34/h1-5,11-15,31H,6-10,16H2,(H,33,35). The van der Waals surface area contributed by atoms with Crippen LogP contribution in [0.1, 0.15) is 16.8 Å². The lowest BCUT2D eigenvalue weighted by Crippen LogP contribution is -2.35. The number of nitrogens with zero attached hydrogens (tertiary/aromatic N) is 3. The summed E-state index contributed by atoms with van der Waals surface area (Å²) in [7, 11) is 0. The van der Waals surface area contributed by atoms with Crippen molar-refractivity contribution < 1.29 is 22.7 Å². The number of halogens is 3. The summed E-state index contributed by atoms with van der Waals surface area (Å²) >= 11 is 0. The molecule has 0 atom stereocenters. The second kappa shape index (κ2) is 10.1. The SMILES string of the molecule is O=C(Nc1ccc(C(F)(F)F)nc1)C1=CCNc2ccc(-c3cncc(CN4CCOCC4)c3)cc21. The Hall–Kier alpha value is -3.76. The Balaban J connectivity index is 1.36. The minimum absolute atomic E-state index is 0.185. The quantitative estimate of drug-likeness (QED) is 0.545. The van der Waals surface area contributed by atoms with Crippen molar-refractivity contribution in [1.82, 2.24) is 14.9 Å². The van der Waals surface area contributed by atoms with Crippen molar-refractivity contribution in [3.63, 3.8) is 0 Å². The van der Waals surface area contributed by atoms with Crippen molar-refractivity contribution in [2.24, 2.45) is 0 Å². The van der Waals surface area contributed by atoms with Crippen LogP contribution in [0.25, 0.3) is 16.7 Å². The van der Waals surface area contributed by atoms with Crippen LogP contribution in [0.4, 0.5) is 24.5 Å². The Morgan fingerprint density at radius 2 is 1.89 bits per heavy atom. The van der Waals surface area contributed by atoms with E-state index in [-0.39, 0.29) is 5.69 Å². The molecule has 2 aliphatic heterocycles. The third kappa shape index (κ3) is 5.39. The number of rotatable bonds is 5. The minimum atomic E-state index is -4.54. The number of pyridine rings is 2. The van der Waals surface area contributed by atoms with Crippen molar-refractivity contribution >= 4 is 22.9 Å². The monoisotopic (exact) mass is 495 g/mol. The summed E-state index contributed by atoms with van der Waals surface area (Å²) in [5.41, 5.74) is 4.04. The molecule has 5 rings (SSSR count). The van der Waals surface area contributed by atoms with Gasteiger partial charge in [0.1, 0.15) is 5.69 Å². The predicted molar refractivity (Wildman–Crippen MR) is 130 cm³/mol. The number of hydrogen-bond acceptors (Lipinski definition) is 6. The van der Waals surface area contributed by atoms with E-state index in [1.165, 1.54) is 6.07 Å². The topological polar surface area (TPSA) is 79.4 Å². The number of carbonyl (C=O) groups is 1. The van der Waals surface area contributed by atoms with Crippen LogP contribution in [0, 0.1) is 0 Å². The molecular weight excluding hydrogens is 471 g/mol. The van der Waals surface area contributed by atoms with Gasteiger partial charge in [-0.25, -0.2) is 4.98 Å². The fraction of sp³-hybridized carbons (Fsp3) is 0.269. The number of benzene rings is 1. The van der Waals surface area contributed by atoms with E-state index in [2.05, 4.69) is 31.6 Å². The molecule has 3 aromatic rings. The lowest BCUT2D eigenvalue weighted by Gasteiger charge is -2.26. The third-order valence-corrected chi connectivity index (χ3v) is 6.10. The van der Waals surface area contributed by atoms with Crippen molar-refractivity contribution in [3.05, 3.63) is 77.9 Å². The summed E-state index contributed by atoms with van der Waals surface area (Å²) < 4.78 is 43.8. The van der Waals surface area contributed by atoms with Crippen molar-refractivity contribution in [3.8, 4) is 11.1 Å². The molecule has 1 amide bonds. The Labute approximate surface area is 206 Å². The molecule has 186 valence electrons. The fourth-order valence-corrected chi connectivity index (χ4v) is 4.27. The fourth-order valence-electron chi connectivity index (χ4n) is 4.27. The molecule has 1 fully saturated rings. The molecule has 0 aliphatic carbocycles. The number of alkyl halides is 3. The van der Waals surface area contributed by atoms with Gasteiger partial charge in [-0.05, 0) is 41.5 Å². The summed E-state index contributed by atoms with van der Waals surface area (Å²) in [5.74, 6) is -0.421. The average molecular weight is 496 g/mol. The molecule has 0 unspecified atom stereocenters. The number of morpholine rings is 1. The molecule has 0 bridgehead atoms. The second-order valence-corrected chi connectivity index (χ2v) is 8.61. The van der Waals surface area contributed by atoms with Crippen LogP contribution in [0.3, 0.4) is 0 Å². The first-order chi connectivity index (χ1) is 17.4. The lowest BCUT2D eigenvalue weighted by atomic mass is 9.95. The summed E-state index contributed by atoms with van der Waals surface area (Å²) in [4.78, 5) is 23.2. The van der Waals surface area contributed by atoms with Gasteiger partial charge < -0.3 is 15.4 Å². The molecule has 36 heavy (non-hydrogen) atoms. The van der Waals surface area contributed by atoms with Gasteiger partial charge in [-0.1, -0.05) is 12.1 Å². The van der Waals surface area contributed by atoms with Crippen LogP contribution in [-0.2, 0) is 22.3 Å². The smallest absolute Gasteiger partial charge is 0.381 e. The van der Waals surface area contributed by atoms with Crippen LogP contribution in [0.2, 0.25) is 0 Å². The van der Waals surface area contributed by atoms with E-state index >= 15 is 0 Å². The number of amides is 1. The second-order valence-electron chi connectivity index (χ2n) is 8.61. The van der Waals surface area contributed by atoms with Crippen molar-refractivity contribution in [2.75, 3.05) is 43.5 Å². The minimum Gasteiger partial charge on any atom is -0.381 e. The molecule has 10 heteroatoms. The molecule has 0 radical (unpaired) electrons. The maximum atomic E-state index is 13.1. The Morgan fingerprint density at radius 3 is 2.64 bits per heavy atom. The molecule has 1 saturated heterocycles. The summed E-state index contributed by atoms with van der Waals surface area (Å²) in [6.45, 7) is 4.45.